The third kappa shape index (κ3) is 2.75. The van der Waals surface area contributed by atoms with Gasteiger partial charge in [-0.1, -0.05) is 24.3 Å². The first-order valence-electron chi connectivity index (χ1n) is 5.56. The molecule has 0 unspecified atom stereocenters. The Balaban J connectivity index is 2.26. The number of hydrogen-bond donors (Lipinski definition) is 1. The number of ether oxygens (including phenoxy) is 1. The van der Waals surface area contributed by atoms with Gasteiger partial charge in [0.2, 0.25) is 0 Å². The van der Waals surface area contributed by atoms with Crippen molar-refractivity contribution >= 4 is 16.7 Å². The lowest BCUT2D eigenvalue weighted by atomic mass is 10.0. The van der Waals surface area contributed by atoms with E-state index in [1.54, 1.807) is 19.1 Å². The van der Waals surface area contributed by atoms with Crippen LogP contribution >= 0.6 is 0 Å². The number of carbonyl (C=O) groups is 1. The average molecular weight is 230 g/mol. The molecule has 3 heteroatoms. The Bertz CT molecular complexity index is 546. The van der Waals surface area contributed by atoms with Crippen molar-refractivity contribution in [2.75, 3.05) is 6.61 Å². The van der Waals surface area contributed by atoms with E-state index in [1.807, 2.05) is 24.3 Å². The van der Waals surface area contributed by atoms with Crippen molar-refractivity contribution < 1.29 is 14.6 Å². The fourth-order valence-electron chi connectivity index (χ4n) is 1.77. The van der Waals surface area contributed by atoms with E-state index in [9.17, 15) is 9.90 Å². The van der Waals surface area contributed by atoms with Crippen molar-refractivity contribution in [2.45, 2.75) is 13.3 Å². The molecule has 88 valence electrons. The number of hydrogen-bond acceptors (Lipinski definition) is 3. The van der Waals surface area contributed by atoms with Crippen molar-refractivity contribution in [3.05, 3.63) is 42.0 Å². The zero-order valence-electron chi connectivity index (χ0n) is 9.64. The fraction of sp³-hybridized carbons (Fsp3) is 0.214. The molecule has 17 heavy (non-hydrogen) atoms. The highest BCUT2D eigenvalue weighted by Crippen LogP contribution is 2.21. The second kappa shape index (κ2) is 4.87. The van der Waals surface area contributed by atoms with Crippen LogP contribution in [0.15, 0.2) is 36.4 Å². The van der Waals surface area contributed by atoms with Crippen molar-refractivity contribution in [3.8, 4) is 5.75 Å². The number of phenolic OH excluding ortho intramolecular Hbond substituents is 1. The van der Waals surface area contributed by atoms with E-state index in [1.165, 1.54) is 0 Å². The van der Waals surface area contributed by atoms with Gasteiger partial charge in [-0.15, -0.1) is 0 Å². The minimum Gasteiger partial charge on any atom is -0.508 e. The number of rotatable bonds is 3. The predicted octanol–water partition coefficient (Wildman–Crippen LogP) is 2.65. The quantitative estimate of drug-likeness (QED) is 0.824. The molecule has 0 radical (unpaired) electrons. The van der Waals surface area contributed by atoms with Crippen molar-refractivity contribution in [3.63, 3.8) is 0 Å². The smallest absolute Gasteiger partial charge is 0.310 e. The monoisotopic (exact) mass is 230 g/mol. The molecule has 0 spiro atoms. The Morgan fingerprint density at radius 2 is 1.88 bits per heavy atom. The molecule has 0 saturated carbocycles. The molecule has 0 heterocycles. The van der Waals surface area contributed by atoms with Gasteiger partial charge in [0.25, 0.3) is 0 Å². The van der Waals surface area contributed by atoms with E-state index < -0.39 is 0 Å². The van der Waals surface area contributed by atoms with Gasteiger partial charge in [-0.25, -0.2) is 0 Å². The second-order valence-electron chi connectivity index (χ2n) is 3.85. The average Bonchev–Trinajstić information content (AvgIpc) is 2.29. The molecule has 3 nitrogen and oxygen atoms in total. The van der Waals surface area contributed by atoms with E-state index in [0.29, 0.717) is 6.61 Å². The Morgan fingerprint density at radius 3 is 2.65 bits per heavy atom. The second-order valence-corrected chi connectivity index (χ2v) is 3.85. The lowest BCUT2D eigenvalue weighted by molar-refractivity contribution is -0.142. The van der Waals surface area contributed by atoms with Gasteiger partial charge >= 0.3 is 5.97 Å². The lowest BCUT2D eigenvalue weighted by Gasteiger charge is -2.04. The van der Waals surface area contributed by atoms with Crippen LogP contribution < -0.4 is 0 Å². The number of fused-ring (bicyclic) bond motifs is 1. The summed E-state index contributed by atoms with van der Waals surface area (Å²) in [5.41, 5.74) is 0.918. The molecular formula is C14H14O3. The molecule has 2 aromatic rings. The van der Waals surface area contributed by atoms with Crippen LogP contribution in [0, 0.1) is 0 Å². The van der Waals surface area contributed by atoms with E-state index in [0.717, 1.165) is 16.3 Å². The van der Waals surface area contributed by atoms with E-state index in [-0.39, 0.29) is 18.1 Å². The van der Waals surface area contributed by atoms with Gasteiger partial charge < -0.3 is 9.84 Å². The number of benzene rings is 2. The molecule has 0 aromatic heterocycles. The van der Waals surface area contributed by atoms with Gasteiger partial charge in [0, 0.05) is 0 Å². The SMILES string of the molecule is CCOC(=O)Cc1ccc2cc(O)ccc2c1. The molecule has 0 saturated heterocycles. The molecule has 0 aliphatic carbocycles. The first-order chi connectivity index (χ1) is 8.19. The number of aromatic hydroxyl groups is 1. The van der Waals surface area contributed by atoms with Gasteiger partial charge in [-0.05, 0) is 35.4 Å². The predicted molar refractivity (Wildman–Crippen MR) is 65.9 cm³/mol. The Labute approximate surface area is 99.6 Å². The summed E-state index contributed by atoms with van der Waals surface area (Å²) in [5.74, 6) is 0.0290. The van der Waals surface area contributed by atoms with Crippen LogP contribution in [0.5, 0.6) is 5.75 Å². The molecular weight excluding hydrogens is 216 g/mol. The van der Waals surface area contributed by atoms with Crippen LogP contribution in [0.4, 0.5) is 0 Å². The first kappa shape index (κ1) is 11.5. The standard InChI is InChI=1S/C14H14O3/c1-2-17-14(16)8-10-3-4-12-9-13(15)6-5-11(12)7-10/h3-7,9,15H,2,8H2,1H3. The number of esters is 1. The van der Waals surface area contributed by atoms with Crippen LogP contribution in [0.1, 0.15) is 12.5 Å². The van der Waals surface area contributed by atoms with Gasteiger partial charge in [-0.2, -0.15) is 0 Å². The zero-order valence-corrected chi connectivity index (χ0v) is 9.64. The first-order valence-corrected chi connectivity index (χ1v) is 5.56. The van der Waals surface area contributed by atoms with E-state index >= 15 is 0 Å². The van der Waals surface area contributed by atoms with Crippen molar-refractivity contribution in [1.29, 1.82) is 0 Å². The maximum absolute atomic E-state index is 11.3. The Morgan fingerprint density at radius 1 is 1.18 bits per heavy atom. The maximum Gasteiger partial charge on any atom is 0.310 e. The van der Waals surface area contributed by atoms with Crippen LogP contribution in [-0.4, -0.2) is 17.7 Å². The summed E-state index contributed by atoms with van der Waals surface area (Å²) >= 11 is 0. The molecule has 0 atom stereocenters. The minimum atomic E-state index is -0.217. The third-order valence-electron chi connectivity index (χ3n) is 2.54. The third-order valence-corrected chi connectivity index (χ3v) is 2.54. The largest absolute Gasteiger partial charge is 0.508 e. The summed E-state index contributed by atoms with van der Waals surface area (Å²) in [6, 6.07) is 10.9. The molecule has 0 aliphatic rings. The van der Waals surface area contributed by atoms with Crippen molar-refractivity contribution in [2.24, 2.45) is 0 Å². The summed E-state index contributed by atoms with van der Waals surface area (Å²) in [7, 11) is 0. The molecule has 0 fully saturated rings. The van der Waals surface area contributed by atoms with Crippen LogP contribution in [0.2, 0.25) is 0 Å². The Hall–Kier alpha value is -2.03. The number of carbonyl (C=O) groups excluding carboxylic acids is 1. The molecule has 0 amide bonds. The summed E-state index contributed by atoms with van der Waals surface area (Å²) in [6.45, 7) is 2.20. The van der Waals surface area contributed by atoms with E-state index in [2.05, 4.69) is 0 Å². The van der Waals surface area contributed by atoms with Gasteiger partial charge in [0.05, 0.1) is 13.0 Å². The van der Waals surface area contributed by atoms with Crippen LogP contribution in [0.25, 0.3) is 10.8 Å². The lowest BCUT2D eigenvalue weighted by Crippen LogP contribution is -2.07. The highest BCUT2D eigenvalue weighted by Gasteiger charge is 2.04. The van der Waals surface area contributed by atoms with Crippen LogP contribution in [-0.2, 0) is 16.0 Å². The highest BCUT2D eigenvalue weighted by atomic mass is 16.5. The van der Waals surface area contributed by atoms with Gasteiger partial charge in [0.1, 0.15) is 5.75 Å². The maximum atomic E-state index is 11.3. The highest BCUT2D eigenvalue weighted by molar-refractivity contribution is 5.85. The fourth-order valence-corrected chi connectivity index (χ4v) is 1.77. The van der Waals surface area contributed by atoms with Crippen molar-refractivity contribution in [1.82, 2.24) is 0 Å². The molecule has 0 aliphatic heterocycles. The minimum absolute atomic E-state index is 0.217. The summed E-state index contributed by atoms with van der Waals surface area (Å²) in [6.07, 6.45) is 0.282. The molecule has 0 bridgehead atoms. The Kier molecular flexibility index (Phi) is 3.28. The van der Waals surface area contributed by atoms with Crippen LogP contribution in [0.3, 0.4) is 0 Å². The van der Waals surface area contributed by atoms with Gasteiger partial charge in [0.15, 0.2) is 0 Å². The normalized spacial score (nSPS) is 10.4. The summed E-state index contributed by atoms with van der Waals surface area (Å²) in [4.78, 5) is 11.3. The van der Waals surface area contributed by atoms with E-state index in [4.69, 9.17) is 4.74 Å². The molecule has 1 N–H and O–H groups in total. The summed E-state index contributed by atoms with van der Waals surface area (Å²) < 4.78 is 4.90. The topological polar surface area (TPSA) is 46.5 Å². The zero-order chi connectivity index (χ0) is 12.3. The number of phenols is 1. The molecule has 2 aromatic carbocycles. The molecule has 2 rings (SSSR count). The summed E-state index contributed by atoms with van der Waals surface area (Å²) in [5, 5.41) is 11.3. The van der Waals surface area contributed by atoms with Gasteiger partial charge in [-0.3, -0.25) is 4.79 Å².